The molecule has 0 aliphatic rings. The first-order chi connectivity index (χ1) is 13.2. The minimum Gasteiger partial charge on any atom is -0.343 e. The Hall–Kier alpha value is -3.06. The quantitative estimate of drug-likeness (QED) is 0.557. The summed E-state index contributed by atoms with van der Waals surface area (Å²) in [7, 11) is 0. The molecule has 6 nitrogen and oxygen atoms in total. The number of benzene rings is 2. The molecular formula is C20H19N5OS. The highest BCUT2D eigenvalue weighted by molar-refractivity contribution is 7.18. The van der Waals surface area contributed by atoms with Gasteiger partial charge in [0.25, 0.3) is 5.91 Å². The van der Waals surface area contributed by atoms with Crippen LogP contribution in [0.1, 0.15) is 33.9 Å². The molecule has 0 fully saturated rings. The van der Waals surface area contributed by atoms with Crippen LogP contribution in [-0.2, 0) is 13.0 Å². The molecule has 1 unspecified atom stereocenters. The third-order valence-corrected chi connectivity index (χ3v) is 5.48. The molecule has 0 saturated carbocycles. The summed E-state index contributed by atoms with van der Waals surface area (Å²) < 4.78 is 1.03. The number of rotatable bonds is 6. The topological polar surface area (TPSA) is 72.7 Å². The fourth-order valence-corrected chi connectivity index (χ4v) is 3.87. The van der Waals surface area contributed by atoms with Crippen LogP contribution in [0.5, 0.6) is 0 Å². The molecule has 7 heteroatoms. The Morgan fingerprint density at radius 1 is 1.15 bits per heavy atom. The van der Waals surface area contributed by atoms with Gasteiger partial charge in [0.15, 0.2) is 0 Å². The van der Waals surface area contributed by atoms with Crippen molar-refractivity contribution in [1.29, 1.82) is 0 Å². The summed E-state index contributed by atoms with van der Waals surface area (Å²) >= 11 is 1.63. The van der Waals surface area contributed by atoms with Gasteiger partial charge in [0.05, 0.1) is 40.2 Å². The maximum atomic E-state index is 12.9. The fraction of sp³-hybridized carbons (Fsp3) is 0.200. The third-order valence-electron chi connectivity index (χ3n) is 4.32. The van der Waals surface area contributed by atoms with E-state index in [0.29, 0.717) is 12.1 Å². The van der Waals surface area contributed by atoms with Gasteiger partial charge in [0, 0.05) is 5.56 Å². The number of carbonyl (C=O) groups is 1. The van der Waals surface area contributed by atoms with Crippen LogP contribution in [0.2, 0.25) is 0 Å². The summed E-state index contributed by atoms with van der Waals surface area (Å²) in [5.74, 6) is -0.121. The summed E-state index contributed by atoms with van der Waals surface area (Å²) in [6.07, 6.45) is 4.16. The first-order valence-electron chi connectivity index (χ1n) is 8.82. The molecule has 1 amide bonds. The Balaban J connectivity index is 1.59. The predicted octanol–water partition coefficient (Wildman–Crippen LogP) is 3.62. The van der Waals surface area contributed by atoms with Crippen molar-refractivity contribution in [1.82, 2.24) is 25.3 Å². The number of hydrogen-bond donors (Lipinski definition) is 1. The van der Waals surface area contributed by atoms with Crippen LogP contribution in [0.3, 0.4) is 0 Å². The highest BCUT2D eigenvalue weighted by Gasteiger charge is 2.18. The van der Waals surface area contributed by atoms with Crippen molar-refractivity contribution >= 4 is 27.5 Å². The summed E-state index contributed by atoms with van der Waals surface area (Å²) in [5, 5.41) is 12.5. The molecule has 2 aromatic heterocycles. The molecule has 2 heterocycles. The van der Waals surface area contributed by atoms with Crippen molar-refractivity contribution in [3.05, 3.63) is 77.1 Å². The summed E-state index contributed by atoms with van der Waals surface area (Å²) in [4.78, 5) is 19.0. The lowest BCUT2D eigenvalue weighted by atomic mass is 10.1. The molecule has 0 radical (unpaired) electrons. The van der Waals surface area contributed by atoms with Gasteiger partial charge in [-0.15, -0.1) is 11.3 Å². The minimum absolute atomic E-state index is 0.121. The second-order valence-electron chi connectivity index (χ2n) is 6.16. The third kappa shape index (κ3) is 3.88. The molecular weight excluding hydrogens is 358 g/mol. The number of nitrogens with one attached hydrogen (secondary N) is 1. The first-order valence-corrected chi connectivity index (χ1v) is 9.64. The van der Waals surface area contributed by atoms with Gasteiger partial charge in [0.1, 0.15) is 0 Å². The maximum absolute atomic E-state index is 12.9. The number of aryl methyl sites for hydroxylation is 1. The number of aromatic nitrogens is 4. The Morgan fingerprint density at radius 2 is 1.93 bits per heavy atom. The standard InChI is InChI=1S/C20H19N5OS/c1-2-19-23-16-9-8-15(12-18(16)27-19)20(26)24-17(13-25-21-10-11-22-25)14-6-4-3-5-7-14/h3-12,17H,2,13H2,1H3,(H,24,26). The first kappa shape index (κ1) is 17.4. The van der Waals surface area contributed by atoms with Gasteiger partial charge in [-0.1, -0.05) is 37.3 Å². The molecule has 0 bridgehead atoms. The van der Waals surface area contributed by atoms with E-state index in [2.05, 4.69) is 27.4 Å². The molecule has 4 rings (SSSR count). The molecule has 136 valence electrons. The van der Waals surface area contributed by atoms with E-state index in [1.165, 1.54) is 0 Å². The molecule has 4 aromatic rings. The van der Waals surface area contributed by atoms with Crippen molar-refractivity contribution in [2.75, 3.05) is 0 Å². The fourth-order valence-electron chi connectivity index (χ4n) is 2.93. The molecule has 0 aliphatic carbocycles. The van der Waals surface area contributed by atoms with Gasteiger partial charge in [-0.25, -0.2) is 4.98 Å². The minimum atomic E-state index is -0.227. The average Bonchev–Trinajstić information content (AvgIpc) is 3.36. The van der Waals surface area contributed by atoms with Crippen LogP contribution in [-0.4, -0.2) is 25.9 Å². The van der Waals surface area contributed by atoms with Crippen LogP contribution in [0.4, 0.5) is 0 Å². The van der Waals surface area contributed by atoms with Gasteiger partial charge in [0.2, 0.25) is 0 Å². The van der Waals surface area contributed by atoms with Gasteiger partial charge >= 0.3 is 0 Å². The Bertz CT molecular complexity index is 1040. The summed E-state index contributed by atoms with van der Waals surface area (Å²) in [6, 6.07) is 15.3. The van der Waals surface area contributed by atoms with E-state index in [0.717, 1.165) is 27.2 Å². The van der Waals surface area contributed by atoms with E-state index < -0.39 is 0 Å². The van der Waals surface area contributed by atoms with Gasteiger partial charge < -0.3 is 5.32 Å². The molecule has 1 N–H and O–H groups in total. The van der Waals surface area contributed by atoms with E-state index in [9.17, 15) is 4.79 Å². The Morgan fingerprint density at radius 3 is 2.67 bits per heavy atom. The molecule has 27 heavy (non-hydrogen) atoms. The second kappa shape index (κ2) is 7.67. The van der Waals surface area contributed by atoms with Crippen molar-refractivity contribution < 1.29 is 4.79 Å². The van der Waals surface area contributed by atoms with Crippen LogP contribution in [0.25, 0.3) is 10.2 Å². The maximum Gasteiger partial charge on any atom is 0.251 e. The average molecular weight is 377 g/mol. The Kier molecular flexibility index (Phi) is 4.93. The number of nitrogens with zero attached hydrogens (tertiary/aromatic N) is 4. The lowest BCUT2D eigenvalue weighted by molar-refractivity contribution is 0.0931. The van der Waals surface area contributed by atoms with E-state index in [1.807, 2.05) is 48.5 Å². The lowest BCUT2D eigenvalue weighted by Crippen LogP contribution is -2.32. The number of amides is 1. The molecule has 0 saturated heterocycles. The monoisotopic (exact) mass is 377 g/mol. The van der Waals surface area contributed by atoms with Crippen molar-refractivity contribution in [2.45, 2.75) is 25.9 Å². The molecule has 1 atom stereocenters. The summed E-state index contributed by atoms with van der Waals surface area (Å²) in [5.41, 5.74) is 2.58. The number of carbonyl (C=O) groups excluding carboxylic acids is 1. The van der Waals surface area contributed by atoms with Crippen LogP contribution >= 0.6 is 11.3 Å². The SMILES string of the molecule is CCc1nc2ccc(C(=O)NC(Cn3nccn3)c3ccccc3)cc2s1. The van der Waals surface area contributed by atoms with Crippen LogP contribution in [0.15, 0.2) is 60.9 Å². The van der Waals surface area contributed by atoms with Gasteiger partial charge in [-0.3, -0.25) is 4.79 Å². The molecule has 2 aromatic carbocycles. The second-order valence-corrected chi connectivity index (χ2v) is 7.28. The number of thiazole rings is 1. The highest BCUT2D eigenvalue weighted by Crippen LogP contribution is 2.24. The van der Waals surface area contributed by atoms with E-state index >= 15 is 0 Å². The molecule has 0 spiro atoms. The molecule has 0 aliphatic heterocycles. The number of fused-ring (bicyclic) bond motifs is 1. The largest absolute Gasteiger partial charge is 0.343 e. The summed E-state index contributed by atoms with van der Waals surface area (Å²) in [6.45, 7) is 2.55. The van der Waals surface area contributed by atoms with E-state index in [4.69, 9.17) is 0 Å². The van der Waals surface area contributed by atoms with Crippen molar-refractivity contribution in [3.8, 4) is 0 Å². The predicted molar refractivity (Wildman–Crippen MR) is 106 cm³/mol. The van der Waals surface area contributed by atoms with E-state index in [1.54, 1.807) is 28.5 Å². The van der Waals surface area contributed by atoms with Crippen molar-refractivity contribution in [3.63, 3.8) is 0 Å². The normalized spacial score (nSPS) is 12.2. The zero-order valence-electron chi connectivity index (χ0n) is 14.9. The van der Waals surface area contributed by atoms with Crippen LogP contribution in [0, 0.1) is 0 Å². The van der Waals surface area contributed by atoms with Crippen LogP contribution < -0.4 is 5.32 Å². The number of hydrogen-bond acceptors (Lipinski definition) is 5. The Labute approximate surface area is 160 Å². The van der Waals surface area contributed by atoms with Crippen molar-refractivity contribution in [2.24, 2.45) is 0 Å². The van der Waals surface area contributed by atoms with Gasteiger partial charge in [-0.05, 0) is 30.2 Å². The zero-order chi connectivity index (χ0) is 18.6. The van der Waals surface area contributed by atoms with E-state index in [-0.39, 0.29) is 11.9 Å². The van der Waals surface area contributed by atoms with Gasteiger partial charge in [-0.2, -0.15) is 15.0 Å². The zero-order valence-corrected chi connectivity index (χ0v) is 15.7. The smallest absolute Gasteiger partial charge is 0.251 e. The lowest BCUT2D eigenvalue weighted by Gasteiger charge is -2.19. The highest BCUT2D eigenvalue weighted by atomic mass is 32.1.